The topological polar surface area (TPSA) is 56.0 Å². The zero-order valence-electron chi connectivity index (χ0n) is 7.90. The van der Waals surface area contributed by atoms with Crippen LogP contribution >= 0.6 is 11.6 Å². The molecule has 5 heteroatoms. The van der Waals surface area contributed by atoms with E-state index in [2.05, 4.69) is 4.98 Å². The SMILES string of the molecule is Cc1cnc2c([N+](=O)[O-])cc(Cl)cc2c1. The third kappa shape index (κ3) is 1.76. The average molecular weight is 223 g/mol. The molecule has 0 atom stereocenters. The maximum absolute atomic E-state index is 10.8. The molecular weight excluding hydrogens is 216 g/mol. The fourth-order valence-electron chi connectivity index (χ4n) is 1.44. The predicted molar refractivity (Wildman–Crippen MR) is 58.1 cm³/mol. The van der Waals surface area contributed by atoms with Crippen LogP contribution < -0.4 is 0 Å². The summed E-state index contributed by atoms with van der Waals surface area (Å²) in [5.74, 6) is 0. The van der Waals surface area contributed by atoms with Crippen LogP contribution in [0.3, 0.4) is 0 Å². The van der Waals surface area contributed by atoms with Crippen LogP contribution in [0.15, 0.2) is 24.4 Å². The van der Waals surface area contributed by atoms with Gasteiger partial charge in [0.1, 0.15) is 5.52 Å². The van der Waals surface area contributed by atoms with E-state index in [-0.39, 0.29) is 5.69 Å². The van der Waals surface area contributed by atoms with Crippen LogP contribution in [0.25, 0.3) is 10.9 Å². The van der Waals surface area contributed by atoms with Crippen LogP contribution in [0, 0.1) is 17.0 Å². The summed E-state index contributed by atoms with van der Waals surface area (Å²) in [7, 11) is 0. The molecule has 1 aromatic heterocycles. The molecule has 0 fully saturated rings. The first-order valence-electron chi connectivity index (χ1n) is 4.28. The van der Waals surface area contributed by atoms with Gasteiger partial charge in [0.25, 0.3) is 5.69 Å². The number of aromatic nitrogens is 1. The second-order valence-electron chi connectivity index (χ2n) is 3.27. The number of nitrogens with zero attached hydrogens (tertiary/aromatic N) is 2. The van der Waals surface area contributed by atoms with Crippen molar-refractivity contribution < 1.29 is 4.92 Å². The Morgan fingerprint density at radius 2 is 2.13 bits per heavy atom. The lowest BCUT2D eigenvalue weighted by Gasteiger charge is -2.00. The van der Waals surface area contributed by atoms with Crippen molar-refractivity contribution in [2.75, 3.05) is 0 Å². The molecule has 0 saturated heterocycles. The first-order valence-corrected chi connectivity index (χ1v) is 4.66. The Kier molecular flexibility index (Phi) is 2.28. The first kappa shape index (κ1) is 9.86. The minimum atomic E-state index is -0.476. The van der Waals surface area contributed by atoms with Gasteiger partial charge in [-0.1, -0.05) is 11.6 Å². The maximum atomic E-state index is 10.8. The summed E-state index contributed by atoms with van der Waals surface area (Å²) < 4.78 is 0. The van der Waals surface area contributed by atoms with E-state index >= 15 is 0 Å². The second kappa shape index (κ2) is 3.47. The smallest absolute Gasteiger partial charge is 0.258 e. The van der Waals surface area contributed by atoms with Crippen LogP contribution in [0.1, 0.15) is 5.56 Å². The van der Waals surface area contributed by atoms with E-state index in [4.69, 9.17) is 11.6 Å². The Hall–Kier alpha value is -1.68. The number of hydrogen-bond donors (Lipinski definition) is 0. The lowest BCUT2D eigenvalue weighted by molar-refractivity contribution is -0.383. The lowest BCUT2D eigenvalue weighted by Crippen LogP contribution is -1.92. The van der Waals surface area contributed by atoms with Gasteiger partial charge in [-0.25, -0.2) is 4.98 Å². The highest BCUT2D eigenvalue weighted by Crippen LogP contribution is 2.28. The lowest BCUT2D eigenvalue weighted by atomic mass is 10.1. The van der Waals surface area contributed by atoms with Gasteiger partial charge in [-0.2, -0.15) is 0 Å². The number of halogens is 1. The van der Waals surface area contributed by atoms with E-state index in [9.17, 15) is 10.1 Å². The molecule has 0 spiro atoms. The Bertz CT molecular complexity index is 549. The molecule has 0 amide bonds. The van der Waals surface area contributed by atoms with E-state index in [1.54, 1.807) is 12.3 Å². The van der Waals surface area contributed by atoms with Crippen molar-refractivity contribution in [3.05, 3.63) is 45.1 Å². The molecule has 0 N–H and O–H groups in total. The quantitative estimate of drug-likeness (QED) is 0.550. The Balaban J connectivity index is 2.86. The van der Waals surface area contributed by atoms with Gasteiger partial charge in [0.15, 0.2) is 0 Å². The van der Waals surface area contributed by atoms with Gasteiger partial charge in [-0.3, -0.25) is 10.1 Å². The van der Waals surface area contributed by atoms with E-state index in [0.29, 0.717) is 15.9 Å². The zero-order valence-corrected chi connectivity index (χ0v) is 8.65. The van der Waals surface area contributed by atoms with Crippen molar-refractivity contribution in [2.45, 2.75) is 6.92 Å². The van der Waals surface area contributed by atoms with Crippen molar-refractivity contribution in [1.29, 1.82) is 0 Å². The number of pyridine rings is 1. The van der Waals surface area contributed by atoms with Crippen LogP contribution in [0.5, 0.6) is 0 Å². The van der Waals surface area contributed by atoms with Crippen molar-refractivity contribution in [3.63, 3.8) is 0 Å². The van der Waals surface area contributed by atoms with Crippen LogP contribution in [-0.4, -0.2) is 9.91 Å². The molecule has 0 aliphatic heterocycles. The number of nitro benzene ring substituents is 1. The molecule has 0 aliphatic rings. The number of hydrogen-bond acceptors (Lipinski definition) is 3. The maximum Gasteiger partial charge on any atom is 0.296 e. The summed E-state index contributed by atoms with van der Waals surface area (Å²) in [6, 6.07) is 4.80. The Morgan fingerprint density at radius 1 is 1.40 bits per heavy atom. The normalized spacial score (nSPS) is 10.5. The molecule has 76 valence electrons. The number of nitro groups is 1. The average Bonchev–Trinajstić information content (AvgIpc) is 2.15. The van der Waals surface area contributed by atoms with E-state index in [0.717, 1.165) is 5.56 Å². The Labute approximate surface area is 90.7 Å². The zero-order chi connectivity index (χ0) is 11.0. The largest absolute Gasteiger partial charge is 0.296 e. The monoisotopic (exact) mass is 222 g/mol. The molecule has 0 bridgehead atoms. The molecule has 1 heterocycles. The summed E-state index contributed by atoms with van der Waals surface area (Å²) in [6.07, 6.45) is 1.60. The van der Waals surface area contributed by atoms with Crippen LogP contribution in [0.2, 0.25) is 5.02 Å². The predicted octanol–water partition coefficient (Wildman–Crippen LogP) is 3.10. The van der Waals surface area contributed by atoms with Crippen LogP contribution in [-0.2, 0) is 0 Å². The third-order valence-electron chi connectivity index (χ3n) is 2.06. The molecule has 1 aromatic carbocycles. The molecule has 4 nitrogen and oxygen atoms in total. The fraction of sp³-hybridized carbons (Fsp3) is 0.100. The molecule has 0 unspecified atom stereocenters. The summed E-state index contributed by atoms with van der Waals surface area (Å²) in [5.41, 5.74) is 1.26. The van der Waals surface area contributed by atoms with Gasteiger partial charge in [-0.05, 0) is 24.6 Å². The second-order valence-corrected chi connectivity index (χ2v) is 3.70. The standard InChI is InChI=1S/C10H7ClN2O2/c1-6-2-7-3-8(11)4-9(13(14)15)10(7)12-5-6/h2-5H,1H3. The summed E-state index contributed by atoms with van der Waals surface area (Å²) in [4.78, 5) is 14.3. The van der Waals surface area contributed by atoms with Gasteiger partial charge in [-0.15, -0.1) is 0 Å². The van der Waals surface area contributed by atoms with Crippen LogP contribution in [0.4, 0.5) is 5.69 Å². The molecule has 2 rings (SSSR count). The molecule has 2 aromatic rings. The van der Waals surface area contributed by atoms with Crippen molar-refractivity contribution in [2.24, 2.45) is 0 Å². The molecule has 0 saturated carbocycles. The number of non-ortho nitro benzene ring substituents is 1. The van der Waals surface area contributed by atoms with Gasteiger partial charge >= 0.3 is 0 Å². The van der Waals surface area contributed by atoms with E-state index in [1.807, 2.05) is 13.0 Å². The molecule has 0 radical (unpaired) electrons. The van der Waals surface area contributed by atoms with Gasteiger partial charge in [0, 0.05) is 22.7 Å². The highest BCUT2D eigenvalue weighted by atomic mass is 35.5. The first-order chi connectivity index (χ1) is 7.08. The minimum Gasteiger partial charge on any atom is -0.258 e. The number of fused-ring (bicyclic) bond motifs is 1. The van der Waals surface area contributed by atoms with Gasteiger partial charge in [0.05, 0.1) is 4.92 Å². The summed E-state index contributed by atoms with van der Waals surface area (Å²) in [6.45, 7) is 1.87. The Morgan fingerprint density at radius 3 is 2.80 bits per heavy atom. The number of benzene rings is 1. The van der Waals surface area contributed by atoms with Gasteiger partial charge < -0.3 is 0 Å². The number of aryl methyl sites for hydroxylation is 1. The fourth-order valence-corrected chi connectivity index (χ4v) is 1.67. The molecule has 15 heavy (non-hydrogen) atoms. The van der Waals surface area contributed by atoms with E-state index in [1.165, 1.54) is 6.07 Å². The van der Waals surface area contributed by atoms with Crippen molar-refractivity contribution in [3.8, 4) is 0 Å². The third-order valence-corrected chi connectivity index (χ3v) is 2.28. The molecular formula is C10H7ClN2O2. The van der Waals surface area contributed by atoms with Gasteiger partial charge in [0.2, 0.25) is 0 Å². The summed E-state index contributed by atoms with van der Waals surface area (Å²) in [5, 5.41) is 11.8. The van der Waals surface area contributed by atoms with Crippen molar-refractivity contribution in [1.82, 2.24) is 4.98 Å². The minimum absolute atomic E-state index is 0.0579. The molecule has 0 aliphatic carbocycles. The number of rotatable bonds is 1. The summed E-state index contributed by atoms with van der Waals surface area (Å²) >= 11 is 5.79. The highest BCUT2D eigenvalue weighted by Gasteiger charge is 2.14. The van der Waals surface area contributed by atoms with E-state index < -0.39 is 4.92 Å². The highest BCUT2D eigenvalue weighted by molar-refractivity contribution is 6.31. The van der Waals surface area contributed by atoms with Crippen molar-refractivity contribution >= 4 is 28.2 Å².